The van der Waals surface area contributed by atoms with Crippen molar-refractivity contribution >= 4 is 16.0 Å². The lowest BCUT2D eigenvalue weighted by Gasteiger charge is -2.19. The Morgan fingerprint density at radius 3 is 2.50 bits per heavy atom. The first-order valence-electron chi connectivity index (χ1n) is 5.94. The molecule has 0 heterocycles. The molecule has 0 aliphatic heterocycles. The first-order chi connectivity index (χ1) is 9.41. The number of hydrogen-bond acceptors (Lipinski definition) is 4. The third kappa shape index (κ3) is 4.14. The Morgan fingerprint density at radius 2 is 2.00 bits per heavy atom. The van der Waals surface area contributed by atoms with Crippen LogP contribution in [-0.4, -0.2) is 38.4 Å². The minimum Gasteiger partial charge on any atom is -0.465 e. The maximum atomic E-state index is 12.8. The van der Waals surface area contributed by atoms with E-state index in [2.05, 4.69) is 6.58 Å². The van der Waals surface area contributed by atoms with Crippen molar-refractivity contribution in [2.45, 2.75) is 11.8 Å². The quantitative estimate of drug-likeness (QED) is 0.566. The topological polar surface area (TPSA) is 63.7 Å². The van der Waals surface area contributed by atoms with Crippen LogP contribution in [0.1, 0.15) is 6.92 Å². The first-order valence-corrected chi connectivity index (χ1v) is 7.38. The fraction of sp³-hybridized carbons (Fsp3) is 0.308. The summed E-state index contributed by atoms with van der Waals surface area (Å²) in [7, 11) is -3.90. The van der Waals surface area contributed by atoms with Crippen molar-refractivity contribution < 1.29 is 22.3 Å². The Labute approximate surface area is 117 Å². The highest BCUT2D eigenvalue weighted by Crippen LogP contribution is 2.16. The zero-order chi connectivity index (χ0) is 15.2. The number of carbonyl (C=O) groups is 1. The largest absolute Gasteiger partial charge is 0.465 e. The minimum atomic E-state index is -3.90. The molecule has 1 aromatic carbocycles. The van der Waals surface area contributed by atoms with Crippen molar-refractivity contribution in [1.29, 1.82) is 0 Å². The average Bonchev–Trinajstić information content (AvgIpc) is 2.39. The smallest absolute Gasteiger partial charge is 0.321 e. The molecule has 0 saturated carbocycles. The van der Waals surface area contributed by atoms with Gasteiger partial charge in [0.25, 0.3) is 0 Å². The number of nitrogens with zero attached hydrogens (tertiary/aromatic N) is 1. The van der Waals surface area contributed by atoms with Gasteiger partial charge in [-0.3, -0.25) is 4.79 Å². The van der Waals surface area contributed by atoms with Crippen molar-refractivity contribution in [1.82, 2.24) is 4.31 Å². The lowest BCUT2D eigenvalue weighted by Crippen LogP contribution is -2.36. The molecular formula is C13H16FNO4S. The number of ether oxygens (including phenoxy) is 1. The predicted molar refractivity (Wildman–Crippen MR) is 72.0 cm³/mol. The summed E-state index contributed by atoms with van der Waals surface area (Å²) in [5, 5.41) is 0. The van der Waals surface area contributed by atoms with Crippen LogP contribution in [-0.2, 0) is 19.6 Å². The van der Waals surface area contributed by atoms with Crippen LogP contribution < -0.4 is 0 Å². The molecule has 0 bridgehead atoms. The third-order valence-corrected chi connectivity index (χ3v) is 4.22. The van der Waals surface area contributed by atoms with Gasteiger partial charge >= 0.3 is 5.97 Å². The summed E-state index contributed by atoms with van der Waals surface area (Å²) in [6.45, 7) is 4.79. The molecule has 0 aromatic heterocycles. The van der Waals surface area contributed by atoms with Gasteiger partial charge in [-0.1, -0.05) is 6.08 Å². The standard InChI is InChI=1S/C13H16FNO4S/c1-3-9-15(10-13(16)19-4-2)20(17,18)12-7-5-11(14)6-8-12/h3,5-8H,1,4,9-10H2,2H3. The highest BCUT2D eigenvalue weighted by Gasteiger charge is 2.26. The predicted octanol–water partition coefficient (Wildman–Crippen LogP) is 1.57. The molecule has 1 aromatic rings. The monoisotopic (exact) mass is 301 g/mol. The Hall–Kier alpha value is -1.73. The van der Waals surface area contributed by atoms with Crippen LogP contribution in [0.2, 0.25) is 0 Å². The molecule has 0 N–H and O–H groups in total. The van der Waals surface area contributed by atoms with Crippen molar-refractivity contribution in [3.63, 3.8) is 0 Å². The van der Waals surface area contributed by atoms with E-state index in [1.165, 1.54) is 6.08 Å². The van der Waals surface area contributed by atoms with Crippen LogP contribution in [0.3, 0.4) is 0 Å². The molecule has 1 rings (SSSR count). The van der Waals surface area contributed by atoms with E-state index >= 15 is 0 Å². The van der Waals surface area contributed by atoms with Crippen LogP contribution in [0.4, 0.5) is 4.39 Å². The Balaban J connectivity index is 3.02. The third-order valence-electron chi connectivity index (χ3n) is 2.39. The second kappa shape index (κ2) is 7.16. The van der Waals surface area contributed by atoms with Gasteiger partial charge in [-0.05, 0) is 31.2 Å². The number of sulfonamides is 1. The van der Waals surface area contributed by atoms with Crippen molar-refractivity contribution in [2.75, 3.05) is 19.7 Å². The van der Waals surface area contributed by atoms with Gasteiger partial charge in [-0.15, -0.1) is 6.58 Å². The lowest BCUT2D eigenvalue weighted by molar-refractivity contribution is -0.143. The molecule has 0 saturated heterocycles. The van der Waals surface area contributed by atoms with Gasteiger partial charge in [-0.25, -0.2) is 12.8 Å². The lowest BCUT2D eigenvalue weighted by atomic mass is 10.4. The molecule has 0 spiro atoms. The van der Waals surface area contributed by atoms with Crippen molar-refractivity contribution in [2.24, 2.45) is 0 Å². The normalized spacial score (nSPS) is 11.3. The molecule has 0 fully saturated rings. The van der Waals surface area contributed by atoms with E-state index < -0.39 is 28.4 Å². The van der Waals surface area contributed by atoms with E-state index in [4.69, 9.17) is 4.74 Å². The summed E-state index contributed by atoms with van der Waals surface area (Å²) < 4.78 is 43.1. The van der Waals surface area contributed by atoms with Gasteiger partial charge in [0, 0.05) is 6.54 Å². The van der Waals surface area contributed by atoms with Gasteiger partial charge in [0.15, 0.2) is 0 Å². The summed E-state index contributed by atoms with van der Waals surface area (Å²) in [6, 6.07) is 4.38. The second-order valence-corrected chi connectivity index (χ2v) is 5.78. The molecule has 20 heavy (non-hydrogen) atoms. The van der Waals surface area contributed by atoms with E-state index in [0.717, 1.165) is 28.6 Å². The van der Waals surface area contributed by atoms with E-state index in [1.54, 1.807) is 6.92 Å². The van der Waals surface area contributed by atoms with Crippen molar-refractivity contribution in [3.05, 3.63) is 42.7 Å². The van der Waals surface area contributed by atoms with Crippen LogP contribution in [0.5, 0.6) is 0 Å². The van der Waals surface area contributed by atoms with Crippen LogP contribution >= 0.6 is 0 Å². The van der Waals surface area contributed by atoms with Gasteiger partial charge in [-0.2, -0.15) is 4.31 Å². The molecule has 0 atom stereocenters. The van der Waals surface area contributed by atoms with E-state index in [1.807, 2.05) is 0 Å². The zero-order valence-corrected chi connectivity index (χ0v) is 11.9. The summed E-state index contributed by atoms with van der Waals surface area (Å²) in [4.78, 5) is 11.3. The van der Waals surface area contributed by atoms with Crippen LogP contribution in [0, 0.1) is 5.82 Å². The Morgan fingerprint density at radius 1 is 1.40 bits per heavy atom. The van der Waals surface area contributed by atoms with Gasteiger partial charge in [0.2, 0.25) is 10.0 Å². The van der Waals surface area contributed by atoms with E-state index in [0.29, 0.717) is 0 Å². The summed E-state index contributed by atoms with van der Waals surface area (Å²) in [5.41, 5.74) is 0. The number of rotatable bonds is 7. The Kier molecular flexibility index (Phi) is 5.84. The maximum absolute atomic E-state index is 12.8. The van der Waals surface area contributed by atoms with Gasteiger partial charge < -0.3 is 4.74 Å². The molecule has 110 valence electrons. The maximum Gasteiger partial charge on any atom is 0.321 e. The zero-order valence-electron chi connectivity index (χ0n) is 11.1. The molecule has 0 radical (unpaired) electrons. The molecule has 7 heteroatoms. The summed E-state index contributed by atoms with van der Waals surface area (Å²) >= 11 is 0. The number of esters is 1. The first kappa shape index (κ1) is 16.3. The van der Waals surface area contributed by atoms with Crippen LogP contribution in [0.15, 0.2) is 41.8 Å². The molecular weight excluding hydrogens is 285 g/mol. The molecule has 5 nitrogen and oxygen atoms in total. The molecule has 0 aliphatic carbocycles. The number of carbonyl (C=O) groups excluding carboxylic acids is 1. The van der Waals surface area contributed by atoms with Crippen molar-refractivity contribution in [3.8, 4) is 0 Å². The summed E-state index contributed by atoms with van der Waals surface area (Å²) in [6.07, 6.45) is 1.36. The van der Waals surface area contributed by atoms with Gasteiger partial charge in [0.05, 0.1) is 11.5 Å². The fourth-order valence-electron chi connectivity index (χ4n) is 1.50. The van der Waals surface area contributed by atoms with E-state index in [-0.39, 0.29) is 18.0 Å². The highest BCUT2D eigenvalue weighted by atomic mass is 32.2. The average molecular weight is 301 g/mol. The highest BCUT2D eigenvalue weighted by molar-refractivity contribution is 7.89. The molecule has 0 unspecified atom stereocenters. The van der Waals surface area contributed by atoms with Gasteiger partial charge in [0.1, 0.15) is 12.4 Å². The fourth-order valence-corrected chi connectivity index (χ4v) is 2.85. The second-order valence-electron chi connectivity index (χ2n) is 3.85. The number of benzene rings is 1. The Bertz CT molecular complexity index is 569. The van der Waals surface area contributed by atoms with E-state index in [9.17, 15) is 17.6 Å². The SMILES string of the molecule is C=CCN(CC(=O)OCC)S(=O)(=O)c1ccc(F)cc1. The minimum absolute atomic E-state index is 0.0431. The number of hydrogen-bond donors (Lipinski definition) is 0. The number of halogens is 1. The molecule has 0 aliphatic rings. The van der Waals surface area contributed by atoms with Crippen LogP contribution in [0.25, 0.3) is 0 Å². The molecule has 0 amide bonds. The summed E-state index contributed by atoms with van der Waals surface area (Å²) in [5.74, 6) is -1.19.